The van der Waals surface area contributed by atoms with E-state index in [1.54, 1.807) is 11.9 Å². The van der Waals surface area contributed by atoms with E-state index in [2.05, 4.69) is 4.98 Å². The van der Waals surface area contributed by atoms with E-state index in [9.17, 15) is 14.4 Å². The lowest BCUT2D eigenvalue weighted by Gasteiger charge is -2.31. The molecule has 1 aliphatic heterocycles. The first-order valence-corrected chi connectivity index (χ1v) is 9.03. The monoisotopic (exact) mass is 373 g/mol. The Balaban J connectivity index is 1.46. The SMILES string of the molecule is CN(CC(=O)N1CCC(C(=O)O)CC1)C(=O)CCc1nc2ccccc2o1. The van der Waals surface area contributed by atoms with Crippen LogP contribution in [-0.2, 0) is 20.8 Å². The zero-order valence-electron chi connectivity index (χ0n) is 15.3. The molecule has 0 radical (unpaired) electrons. The minimum absolute atomic E-state index is 0.00979. The minimum atomic E-state index is -0.811. The summed E-state index contributed by atoms with van der Waals surface area (Å²) in [6, 6.07) is 7.41. The molecule has 0 saturated carbocycles. The molecule has 27 heavy (non-hydrogen) atoms. The predicted octanol–water partition coefficient (Wildman–Crippen LogP) is 1.54. The van der Waals surface area contributed by atoms with Crippen molar-refractivity contribution in [3.8, 4) is 0 Å². The number of para-hydroxylation sites is 2. The van der Waals surface area contributed by atoms with E-state index in [4.69, 9.17) is 9.52 Å². The van der Waals surface area contributed by atoms with Crippen molar-refractivity contribution in [3.05, 3.63) is 30.2 Å². The van der Waals surface area contributed by atoms with E-state index >= 15 is 0 Å². The number of rotatable bonds is 6. The van der Waals surface area contributed by atoms with E-state index in [1.165, 1.54) is 4.90 Å². The standard InChI is InChI=1S/C19H23N3O5/c1-21(12-18(24)22-10-8-13(9-11-22)19(25)26)17(23)7-6-16-20-14-4-2-3-5-15(14)27-16/h2-5,13H,6-12H2,1H3,(H,25,26). The van der Waals surface area contributed by atoms with Gasteiger partial charge in [-0.15, -0.1) is 0 Å². The van der Waals surface area contributed by atoms with Crippen molar-refractivity contribution in [1.29, 1.82) is 0 Å². The van der Waals surface area contributed by atoms with Crippen LogP contribution < -0.4 is 0 Å². The smallest absolute Gasteiger partial charge is 0.306 e. The molecule has 2 heterocycles. The lowest BCUT2D eigenvalue weighted by Crippen LogP contribution is -2.45. The topological polar surface area (TPSA) is 104 Å². The second kappa shape index (κ2) is 8.20. The zero-order chi connectivity index (χ0) is 19.4. The van der Waals surface area contributed by atoms with Crippen LogP contribution in [-0.4, -0.2) is 64.4 Å². The van der Waals surface area contributed by atoms with Crippen LogP contribution in [0.3, 0.4) is 0 Å². The number of carbonyl (C=O) groups excluding carboxylic acids is 2. The van der Waals surface area contributed by atoms with Crippen molar-refractivity contribution >= 4 is 28.9 Å². The summed E-state index contributed by atoms with van der Waals surface area (Å²) in [5.41, 5.74) is 1.45. The Morgan fingerprint density at radius 1 is 1.26 bits per heavy atom. The van der Waals surface area contributed by atoms with Gasteiger partial charge in [-0.25, -0.2) is 4.98 Å². The molecule has 0 spiro atoms. The van der Waals surface area contributed by atoms with Crippen molar-refractivity contribution in [2.75, 3.05) is 26.7 Å². The number of likely N-dealkylation sites (N-methyl/N-ethyl adjacent to an activating group) is 1. The lowest BCUT2D eigenvalue weighted by molar-refractivity contribution is -0.146. The van der Waals surface area contributed by atoms with Crippen LogP contribution in [0.1, 0.15) is 25.2 Å². The molecule has 0 aliphatic carbocycles. The van der Waals surface area contributed by atoms with Crippen LogP contribution in [0, 0.1) is 5.92 Å². The number of aromatic nitrogens is 1. The summed E-state index contributed by atoms with van der Waals surface area (Å²) >= 11 is 0. The third-order valence-electron chi connectivity index (χ3n) is 4.89. The number of hydrogen-bond donors (Lipinski definition) is 1. The van der Waals surface area contributed by atoms with Gasteiger partial charge in [0.25, 0.3) is 0 Å². The highest BCUT2D eigenvalue weighted by Crippen LogP contribution is 2.18. The Morgan fingerprint density at radius 2 is 1.96 bits per heavy atom. The second-order valence-corrected chi connectivity index (χ2v) is 6.82. The third-order valence-corrected chi connectivity index (χ3v) is 4.89. The largest absolute Gasteiger partial charge is 0.481 e. The van der Waals surface area contributed by atoms with E-state index in [0.717, 1.165) is 5.52 Å². The summed E-state index contributed by atoms with van der Waals surface area (Å²) in [7, 11) is 1.59. The van der Waals surface area contributed by atoms with Gasteiger partial charge in [0.2, 0.25) is 11.8 Å². The number of nitrogens with zero attached hydrogens (tertiary/aromatic N) is 3. The molecule has 1 saturated heterocycles. The molecule has 2 amide bonds. The molecule has 1 aromatic heterocycles. The first-order chi connectivity index (χ1) is 12.9. The zero-order valence-corrected chi connectivity index (χ0v) is 15.3. The van der Waals surface area contributed by atoms with Gasteiger partial charge in [0.05, 0.1) is 12.5 Å². The van der Waals surface area contributed by atoms with Crippen molar-refractivity contribution in [1.82, 2.24) is 14.8 Å². The maximum Gasteiger partial charge on any atom is 0.306 e. The van der Waals surface area contributed by atoms with Crippen LogP contribution >= 0.6 is 0 Å². The summed E-state index contributed by atoms with van der Waals surface area (Å²) in [6.07, 6.45) is 1.49. The Labute approximate surface area is 156 Å². The fourth-order valence-corrected chi connectivity index (χ4v) is 3.20. The molecule has 1 aliphatic rings. The average Bonchev–Trinajstić information content (AvgIpc) is 3.09. The summed E-state index contributed by atoms with van der Waals surface area (Å²) in [5.74, 6) is -1.01. The van der Waals surface area contributed by atoms with Crippen LogP contribution in [0.2, 0.25) is 0 Å². The normalized spacial score (nSPS) is 15.1. The number of oxazole rings is 1. The number of carboxylic acids is 1. The maximum absolute atomic E-state index is 12.3. The van der Waals surface area contributed by atoms with Gasteiger partial charge in [-0.05, 0) is 25.0 Å². The van der Waals surface area contributed by atoms with Crippen LogP contribution in [0.15, 0.2) is 28.7 Å². The lowest BCUT2D eigenvalue weighted by atomic mass is 9.97. The fraction of sp³-hybridized carbons (Fsp3) is 0.474. The van der Waals surface area contributed by atoms with Crippen LogP contribution in [0.5, 0.6) is 0 Å². The second-order valence-electron chi connectivity index (χ2n) is 6.82. The first-order valence-electron chi connectivity index (χ1n) is 9.03. The first kappa shape index (κ1) is 18.9. The number of hydrogen-bond acceptors (Lipinski definition) is 5. The van der Waals surface area contributed by atoms with Gasteiger partial charge in [0.1, 0.15) is 5.52 Å². The molecular formula is C19H23N3O5. The van der Waals surface area contributed by atoms with Gasteiger partial charge < -0.3 is 19.3 Å². The number of piperidine rings is 1. The highest BCUT2D eigenvalue weighted by molar-refractivity contribution is 5.85. The van der Waals surface area contributed by atoms with Crippen molar-refractivity contribution in [2.24, 2.45) is 5.92 Å². The molecule has 0 unspecified atom stereocenters. The summed E-state index contributed by atoms with van der Waals surface area (Å²) in [5, 5.41) is 9.01. The number of carboxylic acid groups (broad SMARTS) is 1. The fourth-order valence-electron chi connectivity index (χ4n) is 3.20. The number of aryl methyl sites for hydroxylation is 1. The molecular weight excluding hydrogens is 350 g/mol. The molecule has 0 atom stereocenters. The van der Waals surface area contributed by atoms with Crippen LogP contribution in [0.4, 0.5) is 0 Å². The van der Waals surface area contributed by atoms with Gasteiger partial charge in [0.15, 0.2) is 11.5 Å². The van der Waals surface area contributed by atoms with Gasteiger partial charge >= 0.3 is 5.97 Å². The molecule has 2 aromatic rings. The van der Waals surface area contributed by atoms with Gasteiger partial charge in [-0.1, -0.05) is 12.1 Å². The minimum Gasteiger partial charge on any atom is -0.481 e. The van der Waals surface area contributed by atoms with E-state index < -0.39 is 5.97 Å². The molecule has 8 nitrogen and oxygen atoms in total. The maximum atomic E-state index is 12.3. The molecule has 144 valence electrons. The van der Waals surface area contributed by atoms with Crippen molar-refractivity contribution in [2.45, 2.75) is 25.7 Å². The number of benzene rings is 1. The number of amides is 2. The predicted molar refractivity (Wildman–Crippen MR) is 96.9 cm³/mol. The Morgan fingerprint density at radius 3 is 2.63 bits per heavy atom. The quantitative estimate of drug-likeness (QED) is 0.824. The number of carbonyl (C=O) groups is 3. The molecule has 1 fully saturated rings. The highest BCUT2D eigenvalue weighted by Gasteiger charge is 2.27. The van der Waals surface area contributed by atoms with Gasteiger partial charge in [-0.3, -0.25) is 14.4 Å². The Kier molecular flexibility index (Phi) is 5.73. The van der Waals surface area contributed by atoms with Crippen molar-refractivity contribution in [3.63, 3.8) is 0 Å². The van der Waals surface area contributed by atoms with E-state index in [-0.39, 0.29) is 30.7 Å². The molecule has 0 bridgehead atoms. The third kappa shape index (κ3) is 4.64. The van der Waals surface area contributed by atoms with Crippen LogP contribution in [0.25, 0.3) is 11.1 Å². The molecule has 1 N–H and O–H groups in total. The Bertz CT molecular complexity index is 806. The van der Waals surface area contributed by atoms with Gasteiger partial charge in [-0.2, -0.15) is 0 Å². The van der Waals surface area contributed by atoms with E-state index in [0.29, 0.717) is 43.8 Å². The average molecular weight is 373 g/mol. The summed E-state index contributed by atoms with van der Waals surface area (Å²) in [4.78, 5) is 43.0. The summed E-state index contributed by atoms with van der Waals surface area (Å²) < 4.78 is 5.60. The molecule has 3 rings (SSSR count). The Hall–Kier alpha value is -2.90. The number of aliphatic carboxylic acids is 1. The summed E-state index contributed by atoms with van der Waals surface area (Å²) in [6.45, 7) is 0.825. The molecule has 1 aromatic carbocycles. The van der Waals surface area contributed by atoms with E-state index in [1.807, 2.05) is 24.3 Å². The number of fused-ring (bicyclic) bond motifs is 1. The highest BCUT2D eigenvalue weighted by atomic mass is 16.4. The van der Waals surface area contributed by atoms with Crippen molar-refractivity contribution < 1.29 is 23.9 Å². The van der Waals surface area contributed by atoms with Gasteiger partial charge in [0, 0.05) is 33.0 Å². The molecule has 8 heteroatoms. The number of likely N-dealkylation sites (tertiary alicyclic amines) is 1.